The molecule has 1 fully saturated rings. The summed E-state index contributed by atoms with van der Waals surface area (Å²) in [5.41, 5.74) is 0.489. The Morgan fingerprint density at radius 2 is 2.27 bits per heavy atom. The molecule has 0 radical (unpaired) electrons. The molecular formula is C14H10ClFN4OS. The van der Waals surface area contributed by atoms with Crippen molar-refractivity contribution >= 4 is 39.7 Å². The molecule has 1 amide bonds. The van der Waals surface area contributed by atoms with Gasteiger partial charge in [0.25, 0.3) is 0 Å². The van der Waals surface area contributed by atoms with Crippen molar-refractivity contribution in [2.24, 2.45) is 0 Å². The highest BCUT2D eigenvalue weighted by Gasteiger charge is 2.34. The van der Waals surface area contributed by atoms with Crippen LogP contribution in [0.4, 0.5) is 15.1 Å². The second kappa shape index (κ2) is 5.91. The summed E-state index contributed by atoms with van der Waals surface area (Å²) >= 11 is 6.83. The van der Waals surface area contributed by atoms with Crippen LogP contribution in [0.2, 0.25) is 5.15 Å². The summed E-state index contributed by atoms with van der Waals surface area (Å²) < 4.78 is 17.7. The molecule has 1 N–H and O–H groups in total. The summed E-state index contributed by atoms with van der Waals surface area (Å²) in [6.45, 7) is 0.409. The summed E-state index contributed by atoms with van der Waals surface area (Å²) in [6.07, 6.45) is 0.507. The molecule has 1 unspecified atom stereocenters. The number of para-hydroxylation sites is 1. The zero-order valence-electron chi connectivity index (χ0n) is 11.2. The van der Waals surface area contributed by atoms with Gasteiger partial charge in [-0.1, -0.05) is 23.7 Å². The molecule has 8 heteroatoms. The van der Waals surface area contributed by atoms with E-state index in [4.69, 9.17) is 16.9 Å². The van der Waals surface area contributed by atoms with E-state index < -0.39 is 11.9 Å². The van der Waals surface area contributed by atoms with Crippen molar-refractivity contribution in [3.05, 3.63) is 40.8 Å². The van der Waals surface area contributed by atoms with Crippen molar-refractivity contribution in [3.63, 3.8) is 0 Å². The van der Waals surface area contributed by atoms with Crippen molar-refractivity contribution in [1.29, 1.82) is 5.26 Å². The Labute approximate surface area is 135 Å². The van der Waals surface area contributed by atoms with E-state index in [0.717, 1.165) is 11.5 Å². The normalized spacial score (nSPS) is 17.6. The predicted octanol–water partition coefficient (Wildman–Crippen LogP) is 3.02. The highest BCUT2D eigenvalue weighted by Crippen LogP contribution is 2.31. The predicted molar refractivity (Wildman–Crippen MR) is 82.6 cm³/mol. The summed E-state index contributed by atoms with van der Waals surface area (Å²) in [5, 5.41) is 12.6. The Morgan fingerprint density at radius 1 is 1.50 bits per heavy atom. The minimum atomic E-state index is -0.525. The molecule has 0 aliphatic carbocycles. The first-order valence-corrected chi connectivity index (χ1v) is 7.64. The standard InChI is InChI=1S/C14H10ClFN4OS/c15-12-8(7-17)13(22-19-12)18-10-5-6-20(14(10)21)11-4-2-1-3-9(11)16/h1-4,10,18H,5-6H2. The maximum atomic E-state index is 13.8. The average molecular weight is 337 g/mol. The minimum absolute atomic E-state index is 0.117. The van der Waals surface area contributed by atoms with Gasteiger partial charge in [-0.2, -0.15) is 9.64 Å². The van der Waals surface area contributed by atoms with Gasteiger partial charge in [0.05, 0.1) is 5.69 Å². The van der Waals surface area contributed by atoms with Gasteiger partial charge in [-0.25, -0.2) is 4.39 Å². The molecule has 3 rings (SSSR count). The lowest BCUT2D eigenvalue weighted by atomic mass is 10.2. The third-order valence-corrected chi connectivity index (χ3v) is 4.57. The van der Waals surface area contributed by atoms with E-state index in [2.05, 4.69) is 9.69 Å². The van der Waals surface area contributed by atoms with E-state index in [1.807, 2.05) is 6.07 Å². The van der Waals surface area contributed by atoms with Crippen LogP contribution < -0.4 is 10.2 Å². The number of nitrogens with zero attached hydrogens (tertiary/aromatic N) is 3. The number of aromatic nitrogens is 1. The number of amides is 1. The first kappa shape index (κ1) is 14.8. The molecule has 2 heterocycles. The number of carbonyl (C=O) groups is 1. The lowest BCUT2D eigenvalue weighted by molar-refractivity contribution is -0.117. The fourth-order valence-corrected chi connectivity index (χ4v) is 3.34. The Balaban J connectivity index is 1.80. The Hall–Kier alpha value is -2.17. The quantitative estimate of drug-likeness (QED) is 0.935. The highest BCUT2D eigenvalue weighted by molar-refractivity contribution is 7.10. The average Bonchev–Trinajstić information content (AvgIpc) is 3.04. The number of benzene rings is 1. The van der Waals surface area contributed by atoms with Crippen LogP contribution in [0.3, 0.4) is 0 Å². The number of anilines is 2. The number of hydrogen-bond donors (Lipinski definition) is 1. The van der Waals surface area contributed by atoms with Crippen molar-refractivity contribution in [2.45, 2.75) is 12.5 Å². The van der Waals surface area contributed by atoms with Gasteiger partial charge in [0, 0.05) is 6.54 Å². The van der Waals surface area contributed by atoms with Crippen molar-refractivity contribution in [2.75, 3.05) is 16.8 Å². The first-order chi connectivity index (χ1) is 10.6. The van der Waals surface area contributed by atoms with E-state index in [0.29, 0.717) is 18.0 Å². The number of halogens is 2. The molecule has 1 aliphatic heterocycles. The molecule has 112 valence electrons. The van der Waals surface area contributed by atoms with Crippen LogP contribution in [0.25, 0.3) is 0 Å². The summed E-state index contributed by atoms with van der Waals surface area (Å²) in [4.78, 5) is 13.8. The number of carbonyl (C=O) groups excluding carboxylic acids is 1. The van der Waals surface area contributed by atoms with E-state index in [1.54, 1.807) is 18.2 Å². The lowest BCUT2D eigenvalue weighted by Crippen LogP contribution is -2.33. The van der Waals surface area contributed by atoms with Gasteiger partial charge < -0.3 is 10.2 Å². The van der Waals surface area contributed by atoms with Gasteiger partial charge in [-0.15, -0.1) is 0 Å². The van der Waals surface area contributed by atoms with Crippen molar-refractivity contribution in [1.82, 2.24) is 4.37 Å². The van der Waals surface area contributed by atoms with Crippen LogP contribution in [0.5, 0.6) is 0 Å². The molecule has 1 atom stereocenters. The molecule has 2 aromatic rings. The molecule has 5 nitrogen and oxygen atoms in total. The lowest BCUT2D eigenvalue weighted by Gasteiger charge is -2.17. The smallest absolute Gasteiger partial charge is 0.249 e. The second-order valence-electron chi connectivity index (χ2n) is 4.72. The summed E-state index contributed by atoms with van der Waals surface area (Å²) in [5.74, 6) is -0.673. The Kier molecular flexibility index (Phi) is 3.96. The molecular weight excluding hydrogens is 327 g/mol. The van der Waals surface area contributed by atoms with E-state index in [-0.39, 0.29) is 22.3 Å². The molecule has 22 heavy (non-hydrogen) atoms. The molecule has 1 saturated heterocycles. The topological polar surface area (TPSA) is 69.0 Å². The molecule has 1 aliphatic rings. The summed E-state index contributed by atoms with van der Waals surface area (Å²) in [6, 6.07) is 7.58. The fourth-order valence-electron chi connectivity index (χ4n) is 2.35. The third kappa shape index (κ3) is 2.51. The fraction of sp³-hybridized carbons (Fsp3) is 0.214. The third-order valence-electron chi connectivity index (χ3n) is 3.42. The zero-order chi connectivity index (χ0) is 15.7. The monoisotopic (exact) mass is 336 g/mol. The second-order valence-corrected chi connectivity index (χ2v) is 5.85. The van der Waals surface area contributed by atoms with Crippen molar-refractivity contribution in [3.8, 4) is 6.07 Å². The van der Waals surface area contributed by atoms with Gasteiger partial charge in [-0.3, -0.25) is 4.79 Å². The maximum Gasteiger partial charge on any atom is 0.249 e. The van der Waals surface area contributed by atoms with E-state index >= 15 is 0 Å². The number of hydrogen-bond acceptors (Lipinski definition) is 5. The summed E-state index contributed by atoms with van der Waals surface area (Å²) in [7, 11) is 0. The van der Waals surface area contributed by atoms with Crippen LogP contribution in [0.15, 0.2) is 24.3 Å². The Morgan fingerprint density at radius 3 is 3.00 bits per heavy atom. The molecule has 1 aromatic heterocycles. The van der Waals surface area contributed by atoms with Crippen LogP contribution in [-0.2, 0) is 4.79 Å². The van der Waals surface area contributed by atoms with Gasteiger partial charge >= 0.3 is 0 Å². The van der Waals surface area contributed by atoms with Gasteiger partial charge in [0.2, 0.25) is 5.91 Å². The van der Waals surface area contributed by atoms with Crippen LogP contribution in [-0.4, -0.2) is 22.9 Å². The first-order valence-electron chi connectivity index (χ1n) is 6.49. The highest BCUT2D eigenvalue weighted by atomic mass is 35.5. The zero-order valence-corrected chi connectivity index (χ0v) is 12.8. The SMILES string of the molecule is N#Cc1c(Cl)nsc1NC1CCN(c2ccccc2F)C1=O. The molecule has 0 spiro atoms. The van der Waals surface area contributed by atoms with Crippen LogP contribution in [0, 0.1) is 17.1 Å². The van der Waals surface area contributed by atoms with E-state index in [1.165, 1.54) is 11.0 Å². The van der Waals surface area contributed by atoms with Crippen LogP contribution >= 0.6 is 23.1 Å². The van der Waals surface area contributed by atoms with Gasteiger partial charge in [0.1, 0.15) is 28.5 Å². The van der Waals surface area contributed by atoms with Gasteiger partial charge in [0.15, 0.2) is 5.15 Å². The van der Waals surface area contributed by atoms with Crippen molar-refractivity contribution < 1.29 is 9.18 Å². The molecule has 1 aromatic carbocycles. The van der Waals surface area contributed by atoms with Crippen LogP contribution in [0.1, 0.15) is 12.0 Å². The number of nitriles is 1. The molecule has 0 saturated carbocycles. The maximum absolute atomic E-state index is 13.8. The minimum Gasteiger partial charge on any atom is -0.363 e. The number of nitrogens with one attached hydrogen (secondary N) is 1. The largest absolute Gasteiger partial charge is 0.363 e. The van der Waals surface area contributed by atoms with Gasteiger partial charge in [-0.05, 0) is 30.1 Å². The van der Waals surface area contributed by atoms with E-state index in [9.17, 15) is 9.18 Å². The Bertz CT molecular complexity index is 772. The molecule has 0 bridgehead atoms. The number of rotatable bonds is 3.